The van der Waals surface area contributed by atoms with E-state index in [1.807, 2.05) is 6.07 Å². The van der Waals surface area contributed by atoms with Crippen LogP contribution in [-0.4, -0.2) is 31.3 Å². The molecule has 1 aliphatic rings. The summed E-state index contributed by atoms with van der Waals surface area (Å²) >= 11 is 0. The molecule has 2 aromatic rings. The van der Waals surface area contributed by atoms with Gasteiger partial charge in [-0.15, -0.1) is 24.0 Å². The first-order valence-corrected chi connectivity index (χ1v) is 10.3. The van der Waals surface area contributed by atoms with E-state index in [1.165, 1.54) is 24.0 Å². The van der Waals surface area contributed by atoms with Crippen molar-refractivity contribution in [1.82, 2.24) is 15.8 Å². The van der Waals surface area contributed by atoms with Crippen LogP contribution in [0, 0.1) is 0 Å². The molecule has 0 fully saturated rings. The molecule has 0 spiro atoms. The van der Waals surface area contributed by atoms with Gasteiger partial charge in [0.1, 0.15) is 0 Å². The number of hydrogen-bond acceptors (Lipinski definition) is 4. The lowest BCUT2D eigenvalue weighted by molar-refractivity contribution is 0.0398. The minimum absolute atomic E-state index is 0. The zero-order chi connectivity index (χ0) is 19.8. The van der Waals surface area contributed by atoms with Crippen LogP contribution >= 0.6 is 24.0 Å². The monoisotopic (exact) mass is 512 g/mol. The number of aliphatic imine (C=N–C) groups is 1. The molecule has 0 saturated heterocycles. The summed E-state index contributed by atoms with van der Waals surface area (Å²) in [5.41, 5.74) is 3.78. The van der Waals surface area contributed by atoms with Crippen LogP contribution in [0.25, 0.3) is 0 Å². The fourth-order valence-electron chi connectivity index (χ4n) is 3.46. The summed E-state index contributed by atoms with van der Waals surface area (Å²) in [5.74, 6) is 1.93. The molecule has 160 valence electrons. The molecule has 0 amide bonds. The summed E-state index contributed by atoms with van der Waals surface area (Å²) in [4.78, 5) is 4.25. The number of hydrogen-bond donors (Lipinski definition) is 2. The SMILES string of the molecule is CN=C(NCCCOC1CCCc2ccccc21)NCc1cc(C(C)C)no1.I. The molecule has 6 nitrogen and oxygen atoms in total. The van der Waals surface area contributed by atoms with E-state index in [1.54, 1.807) is 7.05 Å². The van der Waals surface area contributed by atoms with Crippen molar-refractivity contribution in [2.45, 2.75) is 58.1 Å². The van der Waals surface area contributed by atoms with Gasteiger partial charge in [0.25, 0.3) is 0 Å². The van der Waals surface area contributed by atoms with Gasteiger partial charge in [0.15, 0.2) is 11.7 Å². The van der Waals surface area contributed by atoms with Gasteiger partial charge in [-0.2, -0.15) is 0 Å². The lowest BCUT2D eigenvalue weighted by atomic mass is 9.89. The number of nitrogens with one attached hydrogen (secondary N) is 2. The van der Waals surface area contributed by atoms with Gasteiger partial charge in [0, 0.05) is 26.3 Å². The third-order valence-electron chi connectivity index (χ3n) is 5.07. The molecule has 29 heavy (non-hydrogen) atoms. The van der Waals surface area contributed by atoms with Crippen molar-refractivity contribution < 1.29 is 9.26 Å². The van der Waals surface area contributed by atoms with Crippen LogP contribution < -0.4 is 10.6 Å². The topological polar surface area (TPSA) is 71.7 Å². The minimum Gasteiger partial charge on any atom is -0.373 e. The van der Waals surface area contributed by atoms with E-state index in [-0.39, 0.29) is 30.1 Å². The highest BCUT2D eigenvalue weighted by atomic mass is 127. The summed E-state index contributed by atoms with van der Waals surface area (Å²) < 4.78 is 11.5. The fourth-order valence-corrected chi connectivity index (χ4v) is 3.46. The van der Waals surface area contributed by atoms with E-state index in [0.29, 0.717) is 12.5 Å². The van der Waals surface area contributed by atoms with Crippen molar-refractivity contribution in [2.75, 3.05) is 20.2 Å². The van der Waals surface area contributed by atoms with Crippen LogP contribution in [0.1, 0.15) is 67.7 Å². The zero-order valence-electron chi connectivity index (χ0n) is 17.6. The number of rotatable bonds is 8. The number of halogens is 1. The first-order valence-electron chi connectivity index (χ1n) is 10.3. The number of ether oxygens (including phenoxy) is 1. The molecular weight excluding hydrogens is 479 g/mol. The minimum atomic E-state index is 0. The number of aryl methyl sites for hydroxylation is 1. The Labute approximate surface area is 190 Å². The molecule has 0 aliphatic heterocycles. The van der Waals surface area contributed by atoms with Crippen LogP contribution in [0.3, 0.4) is 0 Å². The zero-order valence-corrected chi connectivity index (χ0v) is 19.9. The highest BCUT2D eigenvalue weighted by Gasteiger charge is 2.19. The summed E-state index contributed by atoms with van der Waals surface area (Å²) in [6.07, 6.45) is 4.66. The molecule has 1 unspecified atom stereocenters. The Morgan fingerprint density at radius 1 is 1.31 bits per heavy atom. The molecule has 1 aromatic heterocycles. The molecule has 7 heteroatoms. The van der Waals surface area contributed by atoms with Crippen molar-refractivity contribution in [3.05, 3.63) is 52.9 Å². The smallest absolute Gasteiger partial charge is 0.191 e. The fraction of sp³-hybridized carbons (Fsp3) is 0.545. The Bertz CT molecular complexity index is 776. The van der Waals surface area contributed by atoms with Crippen molar-refractivity contribution in [1.29, 1.82) is 0 Å². The van der Waals surface area contributed by atoms with Crippen molar-refractivity contribution in [3.8, 4) is 0 Å². The lowest BCUT2D eigenvalue weighted by Gasteiger charge is -2.25. The van der Waals surface area contributed by atoms with Crippen LogP contribution in [-0.2, 0) is 17.7 Å². The second-order valence-electron chi connectivity index (χ2n) is 7.53. The predicted octanol–water partition coefficient (Wildman–Crippen LogP) is 4.57. The van der Waals surface area contributed by atoms with Gasteiger partial charge in [0.05, 0.1) is 18.3 Å². The molecule has 1 aliphatic carbocycles. The van der Waals surface area contributed by atoms with Crippen LogP contribution in [0.2, 0.25) is 0 Å². The predicted molar refractivity (Wildman–Crippen MR) is 127 cm³/mol. The van der Waals surface area contributed by atoms with Crippen LogP contribution in [0.4, 0.5) is 0 Å². The lowest BCUT2D eigenvalue weighted by Crippen LogP contribution is -2.37. The Balaban J connectivity index is 0.00000300. The van der Waals surface area contributed by atoms with Crippen LogP contribution in [0.5, 0.6) is 0 Å². The number of fused-ring (bicyclic) bond motifs is 1. The molecule has 0 saturated carbocycles. The summed E-state index contributed by atoms with van der Waals surface area (Å²) in [6.45, 7) is 6.31. The highest BCUT2D eigenvalue weighted by Crippen LogP contribution is 2.32. The first kappa shape index (κ1) is 23.7. The van der Waals surface area contributed by atoms with Gasteiger partial charge in [0.2, 0.25) is 0 Å². The maximum Gasteiger partial charge on any atom is 0.191 e. The third-order valence-corrected chi connectivity index (χ3v) is 5.07. The van der Waals surface area contributed by atoms with E-state index in [2.05, 4.69) is 58.9 Å². The van der Waals surface area contributed by atoms with E-state index < -0.39 is 0 Å². The molecule has 3 rings (SSSR count). The highest BCUT2D eigenvalue weighted by molar-refractivity contribution is 14.0. The molecule has 1 heterocycles. The van der Waals surface area contributed by atoms with Crippen molar-refractivity contribution in [2.24, 2.45) is 4.99 Å². The Kier molecular flexibility index (Phi) is 9.93. The number of guanidine groups is 1. The Morgan fingerprint density at radius 3 is 2.90 bits per heavy atom. The average molecular weight is 512 g/mol. The van der Waals surface area contributed by atoms with Gasteiger partial charge in [-0.1, -0.05) is 43.3 Å². The molecule has 0 bridgehead atoms. The van der Waals surface area contributed by atoms with Gasteiger partial charge >= 0.3 is 0 Å². The third kappa shape index (κ3) is 6.99. The average Bonchev–Trinajstić information content (AvgIpc) is 3.19. The van der Waals surface area contributed by atoms with Gasteiger partial charge in [-0.3, -0.25) is 4.99 Å². The molecule has 0 radical (unpaired) electrons. The second-order valence-corrected chi connectivity index (χ2v) is 7.53. The maximum absolute atomic E-state index is 6.16. The summed E-state index contributed by atoms with van der Waals surface area (Å²) in [5, 5.41) is 10.7. The number of benzene rings is 1. The largest absolute Gasteiger partial charge is 0.373 e. The van der Waals surface area contributed by atoms with E-state index in [9.17, 15) is 0 Å². The van der Waals surface area contributed by atoms with Crippen molar-refractivity contribution in [3.63, 3.8) is 0 Å². The Morgan fingerprint density at radius 2 is 2.14 bits per heavy atom. The first-order chi connectivity index (χ1) is 13.7. The van der Waals surface area contributed by atoms with E-state index in [4.69, 9.17) is 9.26 Å². The van der Waals surface area contributed by atoms with Gasteiger partial charge in [-0.25, -0.2) is 0 Å². The molecule has 2 N–H and O–H groups in total. The summed E-state index contributed by atoms with van der Waals surface area (Å²) in [7, 11) is 1.77. The number of nitrogens with zero attached hydrogens (tertiary/aromatic N) is 2. The summed E-state index contributed by atoms with van der Waals surface area (Å²) in [6, 6.07) is 10.6. The van der Waals surface area contributed by atoms with Gasteiger partial charge in [-0.05, 0) is 42.7 Å². The molecular formula is C22H33IN4O2. The quantitative estimate of drug-likeness (QED) is 0.235. The maximum atomic E-state index is 6.16. The van der Waals surface area contributed by atoms with E-state index >= 15 is 0 Å². The van der Waals surface area contributed by atoms with Gasteiger partial charge < -0.3 is 19.9 Å². The number of aromatic nitrogens is 1. The molecule has 1 atom stereocenters. The Hall–Kier alpha value is -1.61. The van der Waals surface area contributed by atoms with E-state index in [0.717, 1.165) is 43.4 Å². The van der Waals surface area contributed by atoms with Crippen LogP contribution in [0.15, 0.2) is 39.8 Å². The molecule has 1 aromatic carbocycles. The normalized spacial score (nSPS) is 16.3. The van der Waals surface area contributed by atoms with Crippen molar-refractivity contribution >= 4 is 29.9 Å². The standard InChI is InChI=1S/C22H32N4O2.HI/c1-16(2)20-14-18(28-26-20)15-25-22(23-3)24-12-7-13-27-21-11-6-9-17-8-4-5-10-19(17)21;/h4-5,8,10,14,16,21H,6-7,9,11-13,15H2,1-3H3,(H2,23,24,25);1H. The second kappa shape index (κ2) is 12.2.